The van der Waals surface area contributed by atoms with Crippen molar-refractivity contribution in [1.82, 2.24) is 19.6 Å². The first-order valence-corrected chi connectivity index (χ1v) is 4.80. The van der Waals surface area contributed by atoms with Gasteiger partial charge < -0.3 is 5.11 Å². The number of nitrogens with one attached hydrogen (secondary N) is 1. The maximum absolute atomic E-state index is 12.4. The molecule has 0 aliphatic heterocycles. The second kappa shape index (κ2) is 4.03. The van der Waals surface area contributed by atoms with Crippen LogP contribution >= 0.6 is 12.2 Å². The van der Waals surface area contributed by atoms with Gasteiger partial charge in [-0.1, -0.05) is 12.2 Å². The molecule has 0 radical (unpaired) electrons. The number of halogens is 1. The molecule has 0 saturated heterocycles. The minimum atomic E-state index is -0.664. The Kier molecular flexibility index (Phi) is 2.74. The molecule has 0 aliphatic carbocycles. The quantitative estimate of drug-likeness (QED) is 0.762. The van der Waals surface area contributed by atoms with Crippen molar-refractivity contribution in [1.29, 1.82) is 0 Å². The second-order valence-corrected chi connectivity index (χ2v) is 3.42. The first-order valence-electron chi connectivity index (χ1n) is 4.39. The van der Waals surface area contributed by atoms with Crippen LogP contribution in [-0.2, 0) is 13.1 Å². The largest absolute Gasteiger partial charge is 0.396 e. The van der Waals surface area contributed by atoms with Crippen molar-refractivity contribution in [2.24, 2.45) is 0 Å². The van der Waals surface area contributed by atoms with Gasteiger partial charge in [-0.25, -0.2) is 13.9 Å². The molecule has 2 heterocycles. The Morgan fingerprint density at radius 1 is 1.53 bits per heavy atom. The Hall–Kier alpha value is -1.34. The molecule has 15 heavy (non-hydrogen) atoms. The first-order chi connectivity index (χ1) is 7.24. The number of hydrogen-bond donors (Lipinski definition) is 2. The zero-order chi connectivity index (χ0) is 10.8. The van der Waals surface area contributed by atoms with E-state index >= 15 is 0 Å². The summed E-state index contributed by atoms with van der Waals surface area (Å²) in [6.07, 6.45) is 0.392. The number of rotatable bonds is 3. The van der Waals surface area contributed by atoms with E-state index in [0.29, 0.717) is 22.7 Å². The lowest BCUT2D eigenvalue weighted by atomic mass is 10.4. The molecule has 80 valence electrons. The zero-order valence-corrected chi connectivity index (χ0v) is 8.59. The second-order valence-electron chi connectivity index (χ2n) is 3.00. The van der Waals surface area contributed by atoms with Crippen molar-refractivity contribution in [2.75, 3.05) is 6.61 Å². The Bertz CT molecular complexity index is 535. The summed E-state index contributed by atoms with van der Waals surface area (Å²) in [5.74, 6) is 0.908. The van der Waals surface area contributed by atoms with Gasteiger partial charge in [0.15, 0.2) is 0 Å². The molecule has 2 aromatic heterocycles. The molecule has 0 aliphatic rings. The van der Waals surface area contributed by atoms with E-state index in [1.807, 2.05) is 0 Å². The predicted molar refractivity (Wildman–Crippen MR) is 53.8 cm³/mol. The van der Waals surface area contributed by atoms with E-state index in [2.05, 4.69) is 15.1 Å². The number of fused-ring (bicyclic) bond motifs is 1. The van der Waals surface area contributed by atoms with E-state index in [1.165, 1.54) is 10.6 Å². The van der Waals surface area contributed by atoms with Gasteiger partial charge in [-0.2, -0.15) is 4.98 Å². The number of aromatic amines is 1. The number of aliphatic hydroxyl groups excluding tert-OH is 1. The minimum absolute atomic E-state index is 0.0108. The molecule has 2 rings (SSSR count). The van der Waals surface area contributed by atoms with Crippen LogP contribution in [0.4, 0.5) is 4.39 Å². The number of nitrogens with zero attached hydrogens (tertiary/aromatic N) is 3. The Balaban J connectivity index is 2.59. The average molecular weight is 228 g/mol. The van der Waals surface area contributed by atoms with Gasteiger partial charge in [0.2, 0.25) is 0 Å². The summed E-state index contributed by atoms with van der Waals surface area (Å²) in [5, 5.41) is 11.6. The molecule has 0 amide bonds. The Labute approximate surface area is 89.6 Å². The SMILES string of the molecule is OCCc1nc2nc(CF)cc(=S)n2[nH]1. The van der Waals surface area contributed by atoms with Crippen LogP contribution in [0.1, 0.15) is 11.5 Å². The molecule has 2 aromatic rings. The third-order valence-corrected chi connectivity index (χ3v) is 2.22. The van der Waals surface area contributed by atoms with Gasteiger partial charge >= 0.3 is 0 Å². The highest BCUT2D eigenvalue weighted by molar-refractivity contribution is 7.71. The van der Waals surface area contributed by atoms with Gasteiger partial charge in [0, 0.05) is 6.42 Å². The molecule has 0 spiro atoms. The molecule has 0 saturated carbocycles. The zero-order valence-electron chi connectivity index (χ0n) is 7.77. The number of aromatic nitrogens is 4. The fourth-order valence-electron chi connectivity index (χ4n) is 1.26. The van der Waals surface area contributed by atoms with Crippen molar-refractivity contribution < 1.29 is 9.50 Å². The van der Waals surface area contributed by atoms with Crippen LogP contribution in [0.15, 0.2) is 6.07 Å². The fourth-order valence-corrected chi connectivity index (χ4v) is 1.52. The summed E-state index contributed by atoms with van der Waals surface area (Å²) < 4.78 is 14.3. The summed E-state index contributed by atoms with van der Waals surface area (Å²) in [5.41, 5.74) is 0.266. The van der Waals surface area contributed by atoms with Gasteiger partial charge in [0.05, 0.1) is 12.3 Å². The van der Waals surface area contributed by atoms with E-state index in [-0.39, 0.29) is 12.3 Å². The first kappa shape index (κ1) is 10.2. The highest BCUT2D eigenvalue weighted by Crippen LogP contribution is 2.04. The Morgan fingerprint density at radius 3 is 3.00 bits per heavy atom. The molecule has 0 aromatic carbocycles. The van der Waals surface area contributed by atoms with E-state index < -0.39 is 6.67 Å². The number of H-pyrrole nitrogens is 1. The smallest absolute Gasteiger partial charge is 0.252 e. The summed E-state index contributed by atoms with van der Waals surface area (Å²) in [4.78, 5) is 8.03. The predicted octanol–water partition coefficient (Wildman–Crippen LogP) is 0.791. The maximum Gasteiger partial charge on any atom is 0.252 e. The average Bonchev–Trinajstić information content (AvgIpc) is 2.61. The number of hydrogen-bond acceptors (Lipinski definition) is 4. The van der Waals surface area contributed by atoms with Crippen LogP contribution in [0.2, 0.25) is 0 Å². The molecular weight excluding hydrogens is 219 g/mol. The molecule has 7 heteroatoms. The van der Waals surface area contributed by atoms with Gasteiger partial charge in [0.1, 0.15) is 17.1 Å². The summed E-state index contributed by atoms with van der Waals surface area (Å²) >= 11 is 5.03. The molecule has 0 fully saturated rings. The van der Waals surface area contributed by atoms with E-state index in [0.717, 1.165) is 0 Å². The molecule has 2 N–H and O–H groups in total. The highest BCUT2D eigenvalue weighted by atomic mass is 32.1. The van der Waals surface area contributed by atoms with Crippen LogP contribution < -0.4 is 0 Å². The maximum atomic E-state index is 12.4. The lowest BCUT2D eigenvalue weighted by Crippen LogP contribution is -1.96. The van der Waals surface area contributed by atoms with Crippen LogP contribution in [0.3, 0.4) is 0 Å². The van der Waals surface area contributed by atoms with Gasteiger partial charge in [-0.3, -0.25) is 5.10 Å². The molecule has 0 atom stereocenters. The van der Waals surface area contributed by atoms with Crippen LogP contribution in [0, 0.1) is 4.64 Å². The van der Waals surface area contributed by atoms with Gasteiger partial charge in [-0.05, 0) is 6.07 Å². The third-order valence-electron chi connectivity index (χ3n) is 1.92. The van der Waals surface area contributed by atoms with Gasteiger partial charge in [-0.15, -0.1) is 0 Å². The number of alkyl halides is 1. The molecule has 0 bridgehead atoms. The molecule has 0 unspecified atom stereocenters. The fraction of sp³-hybridized carbons (Fsp3) is 0.375. The van der Waals surface area contributed by atoms with E-state index in [1.54, 1.807) is 0 Å². The summed E-state index contributed by atoms with van der Waals surface area (Å²) in [6, 6.07) is 1.48. The summed E-state index contributed by atoms with van der Waals surface area (Å²) in [6.45, 7) is -0.675. The number of aliphatic hydroxyl groups is 1. The van der Waals surface area contributed by atoms with Crippen molar-refractivity contribution >= 4 is 18.0 Å². The minimum Gasteiger partial charge on any atom is -0.396 e. The molecular formula is C8H9FN4OS. The molecule has 5 nitrogen and oxygen atoms in total. The van der Waals surface area contributed by atoms with Crippen LogP contribution in [-0.4, -0.2) is 31.3 Å². The third kappa shape index (κ3) is 1.88. The van der Waals surface area contributed by atoms with E-state index in [9.17, 15) is 4.39 Å². The Morgan fingerprint density at radius 2 is 2.33 bits per heavy atom. The monoisotopic (exact) mass is 228 g/mol. The lowest BCUT2D eigenvalue weighted by Gasteiger charge is -1.94. The normalized spacial score (nSPS) is 11.1. The topological polar surface area (TPSA) is 66.2 Å². The van der Waals surface area contributed by atoms with Crippen molar-refractivity contribution in [3.8, 4) is 0 Å². The van der Waals surface area contributed by atoms with E-state index in [4.69, 9.17) is 17.3 Å². The highest BCUT2D eigenvalue weighted by Gasteiger charge is 2.05. The standard InChI is InChI=1S/C8H9FN4OS/c9-4-5-3-7(15)13-8(10-5)11-6(12-13)1-2-14/h3,14H,1-2,4H2,(H,10,11,12). The van der Waals surface area contributed by atoms with Crippen molar-refractivity contribution in [2.45, 2.75) is 13.1 Å². The van der Waals surface area contributed by atoms with Crippen LogP contribution in [0.25, 0.3) is 5.78 Å². The van der Waals surface area contributed by atoms with Crippen LogP contribution in [0.5, 0.6) is 0 Å². The van der Waals surface area contributed by atoms with Crippen molar-refractivity contribution in [3.63, 3.8) is 0 Å². The van der Waals surface area contributed by atoms with Gasteiger partial charge in [0.25, 0.3) is 5.78 Å². The summed E-state index contributed by atoms with van der Waals surface area (Å²) in [7, 11) is 0. The van der Waals surface area contributed by atoms with Crippen molar-refractivity contribution in [3.05, 3.63) is 22.2 Å². The lowest BCUT2D eigenvalue weighted by molar-refractivity contribution is 0.296.